The maximum atomic E-state index is 13.2. The molecule has 0 bridgehead atoms. The van der Waals surface area contributed by atoms with Crippen molar-refractivity contribution in [3.8, 4) is 11.5 Å². The average Bonchev–Trinajstić information content (AvgIpc) is 2.86. The molecule has 0 radical (unpaired) electrons. The molecule has 1 fully saturated rings. The standard InChI is InChI=1S/C25H30BrN3O6/c1-17(25(31)27-20-6-4-3-5-7-20)28(15-18-8-10-19(26)11-9-18)24(30)16-35-21-12-13-22(29(32)33)23(14-21)34-2/h8-14,17,20H,3-7,15-16H2,1-2H3,(H,27,31)/t17-/m0/s1. The number of ether oxygens (including phenoxy) is 2. The molecule has 1 saturated carbocycles. The number of nitrogens with zero attached hydrogens (tertiary/aromatic N) is 2. The van der Waals surface area contributed by atoms with Gasteiger partial charge >= 0.3 is 5.69 Å². The summed E-state index contributed by atoms with van der Waals surface area (Å²) >= 11 is 3.41. The fourth-order valence-electron chi connectivity index (χ4n) is 4.06. The molecule has 0 spiro atoms. The lowest BCUT2D eigenvalue weighted by atomic mass is 9.95. The zero-order valence-electron chi connectivity index (χ0n) is 19.9. The van der Waals surface area contributed by atoms with Crippen LogP contribution in [0.5, 0.6) is 11.5 Å². The second-order valence-corrected chi connectivity index (χ2v) is 9.46. The molecule has 10 heteroatoms. The van der Waals surface area contributed by atoms with Gasteiger partial charge in [0.1, 0.15) is 11.8 Å². The highest BCUT2D eigenvalue weighted by Crippen LogP contribution is 2.30. The van der Waals surface area contributed by atoms with Crippen LogP contribution in [0.1, 0.15) is 44.6 Å². The van der Waals surface area contributed by atoms with E-state index in [1.54, 1.807) is 6.92 Å². The molecule has 2 amide bonds. The Kier molecular flexibility index (Phi) is 9.47. The van der Waals surface area contributed by atoms with Crippen LogP contribution >= 0.6 is 15.9 Å². The number of hydrogen-bond acceptors (Lipinski definition) is 6. The molecule has 0 unspecified atom stereocenters. The summed E-state index contributed by atoms with van der Waals surface area (Å²) in [6, 6.07) is 11.0. The van der Waals surface area contributed by atoms with E-state index in [1.807, 2.05) is 24.3 Å². The van der Waals surface area contributed by atoms with E-state index >= 15 is 0 Å². The molecule has 2 aromatic carbocycles. The topological polar surface area (TPSA) is 111 Å². The molecule has 188 valence electrons. The summed E-state index contributed by atoms with van der Waals surface area (Å²) in [4.78, 5) is 38.3. The fraction of sp³-hybridized carbons (Fsp3) is 0.440. The first-order chi connectivity index (χ1) is 16.8. The van der Waals surface area contributed by atoms with Crippen molar-refractivity contribution >= 4 is 33.4 Å². The van der Waals surface area contributed by atoms with Crippen LogP contribution < -0.4 is 14.8 Å². The summed E-state index contributed by atoms with van der Waals surface area (Å²) in [6.45, 7) is 1.61. The first-order valence-corrected chi connectivity index (χ1v) is 12.4. The van der Waals surface area contributed by atoms with Gasteiger partial charge in [-0.25, -0.2) is 0 Å². The number of amides is 2. The van der Waals surface area contributed by atoms with Crippen LogP contribution in [0.2, 0.25) is 0 Å². The van der Waals surface area contributed by atoms with Crippen LogP contribution in [0.3, 0.4) is 0 Å². The predicted molar refractivity (Wildman–Crippen MR) is 134 cm³/mol. The van der Waals surface area contributed by atoms with Crippen molar-refractivity contribution in [1.82, 2.24) is 10.2 Å². The largest absolute Gasteiger partial charge is 0.490 e. The average molecular weight is 548 g/mol. The molecule has 1 atom stereocenters. The number of nitro benzene ring substituents is 1. The Labute approximate surface area is 213 Å². The number of benzene rings is 2. The lowest BCUT2D eigenvalue weighted by Gasteiger charge is -2.31. The number of carbonyl (C=O) groups excluding carboxylic acids is 2. The van der Waals surface area contributed by atoms with Crippen LogP contribution in [0, 0.1) is 10.1 Å². The minimum atomic E-state index is -0.705. The molecule has 3 rings (SSSR count). The van der Waals surface area contributed by atoms with E-state index in [-0.39, 0.29) is 48.2 Å². The van der Waals surface area contributed by atoms with Gasteiger partial charge in [-0.15, -0.1) is 0 Å². The summed E-state index contributed by atoms with van der Waals surface area (Å²) in [5.41, 5.74) is 0.673. The number of carbonyl (C=O) groups is 2. The van der Waals surface area contributed by atoms with Crippen LogP contribution in [0.4, 0.5) is 5.69 Å². The lowest BCUT2D eigenvalue weighted by Crippen LogP contribution is -2.51. The van der Waals surface area contributed by atoms with Crippen molar-refractivity contribution in [3.63, 3.8) is 0 Å². The number of rotatable bonds is 10. The summed E-state index contributed by atoms with van der Waals surface area (Å²) in [5, 5.41) is 14.2. The first kappa shape index (κ1) is 26.5. The Bertz CT molecular complexity index is 1040. The van der Waals surface area contributed by atoms with Crippen molar-refractivity contribution in [3.05, 3.63) is 62.6 Å². The molecular formula is C25H30BrN3O6. The SMILES string of the molecule is COc1cc(OCC(=O)N(Cc2ccc(Br)cc2)[C@@H](C)C(=O)NC2CCCCC2)ccc1[N+](=O)[O-]. The zero-order valence-corrected chi connectivity index (χ0v) is 21.5. The fourth-order valence-corrected chi connectivity index (χ4v) is 4.33. The maximum absolute atomic E-state index is 13.2. The molecular weight excluding hydrogens is 518 g/mol. The number of halogens is 1. The van der Waals surface area contributed by atoms with Gasteiger partial charge in [0.15, 0.2) is 6.61 Å². The molecule has 35 heavy (non-hydrogen) atoms. The third-order valence-corrected chi connectivity index (χ3v) is 6.62. The summed E-state index contributed by atoms with van der Waals surface area (Å²) in [6.07, 6.45) is 5.26. The minimum Gasteiger partial charge on any atom is -0.490 e. The van der Waals surface area contributed by atoms with Crippen LogP contribution in [-0.2, 0) is 16.1 Å². The molecule has 0 aliphatic heterocycles. The smallest absolute Gasteiger partial charge is 0.311 e. The van der Waals surface area contributed by atoms with E-state index in [0.29, 0.717) is 0 Å². The van der Waals surface area contributed by atoms with Gasteiger partial charge in [-0.1, -0.05) is 47.3 Å². The van der Waals surface area contributed by atoms with Crippen LogP contribution in [0.25, 0.3) is 0 Å². The summed E-state index contributed by atoms with van der Waals surface area (Å²) < 4.78 is 11.6. The summed E-state index contributed by atoms with van der Waals surface area (Å²) in [5.74, 6) is -0.286. The molecule has 1 aliphatic carbocycles. The van der Waals surface area contributed by atoms with E-state index in [2.05, 4.69) is 21.2 Å². The Hall–Kier alpha value is -3.14. The second kappa shape index (κ2) is 12.5. The van der Waals surface area contributed by atoms with Gasteiger partial charge in [0.05, 0.1) is 12.0 Å². The Morgan fingerprint density at radius 1 is 1.17 bits per heavy atom. The highest BCUT2D eigenvalue weighted by molar-refractivity contribution is 9.10. The first-order valence-electron chi connectivity index (χ1n) is 11.6. The highest BCUT2D eigenvalue weighted by Gasteiger charge is 2.28. The molecule has 1 aliphatic rings. The van der Waals surface area contributed by atoms with Gasteiger partial charge in [-0.2, -0.15) is 0 Å². The van der Waals surface area contributed by atoms with Crippen molar-refractivity contribution in [2.45, 2.75) is 57.7 Å². The Balaban J connectivity index is 1.73. The van der Waals surface area contributed by atoms with Crippen molar-refractivity contribution < 1.29 is 24.0 Å². The molecule has 0 saturated heterocycles. The van der Waals surface area contributed by atoms with E-state index in [1.165, 1.54) is 36.6 Å². The normalized spacial score (nSPS) is 14.6. The number of nitrogens with one attached hydrogen (secondary N) is 1. The van der Waals surface area contributed by atoms with E-state index in [9.17, 15) is 19.7 Å². The maximum Gasteiger partial charge on any atom is 0.311 e. The van der Waals surface area contributed by atoms with E-state index in [4.69, 9.17) is 9.47 Å². The van der Waals surface area contributed by atoms with Gasteiger partial charge in [0.2, 0.25) is 11.7 Å². The Morgan fingerprint density at radius 2 is 1.86 bits per heavy atom. The van der Waals surface area contributed by atoms with Gasteiger partial charge < -0.3 is 19.7 Å². The third kappa shape index (κ3) is 7.42. The van der Waals surface area contributed by atoms with Gasteiger partial charge in [0, 0.05) is 29.2 Å². The third-order valence-electron chi connectivity index (χ3n) is 6.10. The van der Waals surface area contributed by atoms with Crippen molar-refractivity contribution in [1.29, 1.82) is 0 Å². The van der Waals surface area contributed by atoms with E-state index in [0.717, 1.165) is 35.7 Å². The van der Waals surface area contributed by atoms with Gasteiger partial charge in [-0.3, -0.25) is 19.7 Å². The highest BCUT2D eigenvalue weighted by atomic mass is 79.9. The number of methoxy groups -OCH3 is 1. The second-order valence-electron chi connectivity index (χ2n) is 8.55. The molecule has 0 heterocycles. The predicted octanol–water partition coefficient (Wildman–Crippen LogP) is 4.61. The zero-order chi connectivity index (χ0) is 25.4. The quantitative estimate of drug-likeness (QED) is 0.343. The monoisotopic (exact) mass is 547 g/mol. The van der Waals surface area contributed by atoms with Gasteiger partial charge in [0.25, 0.3) is 5.91 Å². The van der Waals surface area contributed by atoms with Crippen LogP contribution in [0.15, 0.2) is 46.9 Å². The van der Waals surface area contributed by atoms with E-state index < -0.39 is 11.0 Å². The van der Waals surface area contributed by atoms with Crippen molar-refractivity contribution in [2.24, 2.45) is 0 Å². The molecule has 1 N–H and O–H groups in total. The number of nitro groups is 1. The van der Waals surface area contributed by atoms with Crippen molar-refractivity contribution in [2.75, 3.05) is 13.7 Å². The minimum absolute atomic E-state index is 0.0342. The molecule has 9 nitrogen and oxygen atoms in total. The molecule has 0 aromatic heterocycles. The Morgan fingerprint density at radius 3 is 2.49 bits per heavy atom. The number of hydrogen-bond donors (Lipinski definition) is 1. The summed E-state index contributed by atoms with van der Waals surface area (Å²) in [7, 11) is 1.32. The van der Waals surface area contributed by atoms with Crippen LogP contribution in [-0.4, -0.2) is 47.4 Å². The lowest BCUT2D eigenvalue weighted by molar-refractivity contribution is -0.385. The van der Waals surface area contributed by atoms with Gasteiger partial charge in [-0.05, 0) is 43.5 Å². The molecule has 2 aromatic rings.